The van der Waals surface area contributed by atoms with Gasteiger partial charge in [0, 0.05) is 18.0 Å². The predicted octanol–water partition coefficient (Wildman–Crippen LogP) is 1.91. The Bertz CT molecular complexity index is 465. The van der Waals surface area contributed by atoms with Gasteiger partial charge in [-0.2, -0.15) is 4.31 Å². The van der Waals surface area contributed by atoms with E-state index in [2.05, 4.69) is 0 Å². The molecule has 0 radical (unpaired) electrons. The fraction of sp³-hybridized carbons (Fsp3) is 0.273. The Morgan fingerprint density at radius 3 is 2.47 bits per heavy atom. The van der Waals surface area contributed by atoms with Crippen molar-refractivity contribution in [3.63, 3.8) is 0 Å². The van der Waals surface area contributed by atoms with Crippen LogP contribution in [-0.2, 0) is 10.0 Å². The van der Waals surface area contributed by atoms with E-state index in [0.717, 1.165) is 5.56 Å². The molecule has 0 unspecified atom stereocenters. The lowest BCUT2D eigenvalue weighted by atomic mass is 10.1. The molecule has 1 heterocycles. The predicted molar refractivity (Wildman–Crippen MR) is 59.6 cm³/mol. The van der Waals surface area contributed by atoms with Gasteiger partial charge in [0.15, 0.2) is 0 Å². The molecule has 1 aromatic rings. The number of sulfonamides is 1. The topological polar surface area (TPSA) is 37.4 Å². The summed E-state index contributed by atoms with van der Waals surface area (Å²) >= 11 is 0. The van der Waals surface area contributed by atoms with Gasteiger partial charge in [-0.25, -0.2) is 8.42 Å². The molecule has 3 nitrogen and oxygen atoms in total. The van der Waals surface area contributed by atoms with Crippen LogP contribution in [0.5, 0.6) is 0 Å². The fourth-order valence-electron chi connectivity index (χ4n) is 1.73. The van der Waals surface area contributed by atoms with Crippen LogP contribution >= 0.6 is 0 Å². The van der Waals surface area contributed by atoms with E-state index in [1.165, 1.54) is 9.71 Å². The van der Waals surface area contributed by atoms with E-state index in [9.17, 15) is 8.42 Å². The van der Waals surface area contributed by atoms with Crippen molar-refractivity contribution >= 4 is 10.0 Å². The Kier molecular flexibility index (Phi) is 2.63. The molecule has 4 heteroatoms. The smallest absolute Gasteiger partial charge is 0.207 e. The number of nitrogens with zero attached hydrogens (tertiary/aromatic N) is 1. The van der Waals surface area contributed by atoms with Gasteiger partial charge in [0.2, 0.25) is 10.0 Å². The van der Waals surface area contributed by atoms with Gasteiger partial charge in [-0.15, -0.1) is 0 Å². The molecule has 1 atom stereocenters. The average Bonchev–Trinajstić information content (AvgIpc) is 2.58. The summed E-state index contributed by atoms with van der Waals surface area (Å²) in [6.07, 6.45) is 1.68. The van der Waals surface area contributed by atoms with E-state index in [4.69, 9.17) is 0 Å². The van der Waals surface area contributed by atoms with E-state index >= 15 is 0 Å². The third-order valence-electron chi connectivity index (χ3n) is 2.59. The molecule has 2 rings (SSSR count). The van der Waals surface area contributed by atoms with Crippen molar-refractivity contribution < 1.29 is 8.42 Å². The van der Waals surface area contributed by atoms with Crippen LogP contribution in [-0.4, -0.2) is 19.3 Å². The lowest BCUT2D eigenvalue weighted by Gasteiger charge is -2.22. The molecule has 0 aromatic heterocycles. The van der Waals surface area contributed by atoms with Crippen LogP contribution in [0.1, 0.15) is 18.5 Å². The first-order valence-electron chi connectivity index (χ1n) is 4.84. The highest BCUT2D eigenvalue weighted by molar-refractivity contribution is 7.92. The Balaban J connectivity index is 2.27. The minimum absolute atomic E-state index is 0.105. The standard InChI is InChI=1S/C11H13NO2S/c1-10(11-6-3-2-4-7-11)12-8-5-9-15(12,13)14/h2-7,9-10H,8H2,1H3/t10-/m1/s1. The van der Waals surface area contributed by atoms with Crippen molar-refractivity contribution in [2.75, 3.05) is 6.54 Å². The number of hydrogen-bond donors (Lipinski definition) is 0. The summed E-state index contributed by atoms with van der Waals surface area (Å²) in [5.41, 5.74) is 1.02. The zero-order valence-electron chi connectivity index (χ0n) is 8.50. The molecule has 1 aromatic carbocycles. The van der Waals surface area contributed by atoms with Crippen LogP contribution in [0.15, 0.2) is 41.8 Å². The van der Waals surface area contributed by atoms with Gasteiger partial charge in [0.1, 0.15) is 0 Å². The van der Waals surface area contributed by atoms with Crippen LogP contribution in [0.4, 0.5) is 0 Å². The highest BCUT2D eigenvalue weighted by atomic mass is 32.2. The Morgan fingerprint density at radius 2 is 1.93 bits per heavy atom. The minimum atomic E-state index is -3.18. The molecule has 0 bridgehead atoms. The summed E-state index contributed by atoms with van der Waals surface area (Å²) < 4.78 is 24.7. The van der Waals surface area contributed by atoms with Gasteiger partial charge >= 0.3 is 0 Å². The summed E-state index contributed by atoms with van der Waals surface area (Å²) in [5, 5.41) is 1.27. The molecule has 0 saturated heterocycles. The molecule has 0 amide bonds. The van der Waals surface area contributed by atoms with Gasteiger partial charge in [0.25, 0.3) is 0 Å². The highest BCUT2D eigenvalue weighted by Gasteiger charge is 2.28. The largest absolute Gasteiger partial charge is 0.236 e. The van der Waals surface area contributed by atoms with E-state index < -0.39 is 10.0 Å². The summed E-state index contributed by atoms with van der Waals surface area (Å²) in [6.45, 7) is 2.37. The summed E-state index contributed by atoms with van der Waals surface area (Å²) in [5.74, 6) is 0. The second-order valence-electron chi connectivity index (χ2n) is 3.57. The molecule has 15 heavy (non-hydrogen) atoms. The van der Waals surface area contributed by atoms with Crippen molar-refractivity contribution in [1.29, 1.82) is 0 Å². The number of hydrogen-bond acceptors (Lipinski definition) is 2. The maximum Gasteiger partial charge on any atom is 0.236 e. The molecule has 0 N–H and O–H groups in total. The second kappa shape index (κ2) is 3.79. The summed E-state index contributed by atoms with van der Waals surface area (Å²) in [4.78, 5) is 0. The van der Waals surface area contributed by atoms with Crippen molar-refractivity contribution in [2.45, 2.75) is 13.0 Å². The van der Waals surface area contributed by atoms with Gasteiger partial charge in [-0.05, 0) is 12.5 Å². The Hall–Kier alpha value is -1.13. The third-order valence-corrected chi connectivity index (χ3v) is 4.25. The van der Waals surface area contributed by atoms with E-state index in [1.54, 1.807) is 6.08 Å². The van der Waals surface area contributed by atoms with Crippen LogP contribution in [0.25, 0.3) is 0 Å². The van der Waals surface area contributed by atoms with Crippen LogP contribution in [0.2, 0.25) is 0 Å². The minimum Gasteiger partial charge on any atom is -0.207 e. The van der Waals surface area contributed by atoms with Crippen molar-refractivity contribution in [3.8, 4) is 0 Å². The van der Waals surface area contributed by atoms with Crippen molar-refractivity contribution in [1.82, 2.24) is 4.31 Å². The SMILES string of the molecule is C[C@H](c1ccccc1)N1CC=CS1(=O)=O. The van der Waals surface area contributed by atoms with Gasteiger partial charge in [-0.3, -0.25) is 0 Å². The molecule has 1 aliphatic heterocycles. The first-order valence-corrected chi connectivity index (χ1v) is 6.35. The normalized spacial score (nSPS) is 21.7. The molecule has 0 spiro atoms. The lowest BCUT2D eigenvalue weighted by molar-refractivity contribution is 0.383. The van der Waals surface area contributed by atoms with E-state index in [0.29, 0.717) is 6.54 Å². The van der Waals surface area contributed by atoms with Gasteiger partial charge < -0.3 is 0 Å². The molecular formula is C11H13NO2S. The number of rotatable bonds is 2. The molecule has 0 saturated carbocycles. The quantitative estimate of drug-likeness (QED) is 0.768. The first kappa shape index (κ1) is 10.4. The molecule has 0 fully saturated rings. The van der Waals surface area contributed by atoms with Gasteiger partial charge in [0.05, 0.1) is 0 Å². The van der Waals surface area contributed by atoms with Gasteiger partial charge in [-0.1, -0.05) is 36.4 Å². The lowest BCUT2D eigenvalue weighted by Crippen LogP contribution is -2.28. The molecule has 0 aliphatic carbocycles. The zero-order chi connectivity index (χ0) is 10.9. The van der Waals surface area contributed by atoms with E-state index in [-0.39, 0.29) is 6.04 Å². The fourth-order valence-corrected chi connectivity index (χ4v) is 3.07. The molecular weight excluding hydrogens is 210 g/mol. The Morgan fingerprint density at radius 1 is 1.27 bits per heavy atom. The first-order chi connectivity index (χ1) is 7.11. The maximum absolute atomic E-state index is 11.6. The monoisotopic (exact) mass is 223 g/mol. The van der Waals surface area contributed by atoms with E-state index in [1.807, 2.05) is 37.3 Å². The third kappa shape index (κ3) is 1.96. The summed E-state index contributed by atoms with van der Waals surface area (Å²) in [7, 11) is -3.18. The second-order valence-corrected chi connectivity index (χ2v) is 5.34. The van der Waals surface area contributed by atoms with Crippen LogP contribution in [0, 0.1) is 0 Å². The van der Waals surface area contributed by atoms with Crippen LogP contribution in [0.3, 0.4) is 0 Å². The maximum atomic E-state index is 11.6. The molecule has 80 valence electrons. The zero-order valence-corrected chi connectivity index (χ0v) is 9.31. The number of benzene rings is 1. The molecule has 1 aliphatic rings. The summed E-state index contributed by atoms with van der Waals surface area (Å²) in [6, 6.07) is 9.54. The average molecular weight is 223 g/mol. The Labute approximate surface area is 90.1 Å². The van der Waals surface area contributed by atoms with Crippen LogP contribution < -0.4 is 0 Å². The van der Waals surface area contributed by atoms with Crippen molar-refractivity contribution in [2.24, 2.45) is 0 Å². The van der Waals surface area contributed by atoms with Crippen molar-refractivity contribution in [3.05, 3.63) is 47.4 Å². The highest BCUT2D eigenvalue weighted by Crippen LogP contribution is 2.26.